The normalized spacial score (nSPS) is 25.8. The molecular formula is C13H17F3N4O2. The van der Waals surface area contributed by atoms with Gasteiger partial charge in [-0.25, -0.2) is 0 Å². The lowest BCUT2D eigenvalue weighted by molar-refractivity contribution is -0.143. The van der Waals surface area contributed by atoms with Crippen LogP contribution in [0.4, 0.5) is 19.0 Å². The van der Waals surface area contributed by atoms with Gasteiger partial charge in [0.15, 0.2) is 5.82 Å². The number of morpholine rings is 1. The van der Waals surface area contributed by atoms with Gasteiger partial charge in [0.2, 0.25) is 0 Å². The fraction of sp³-hybridized carbons (Fsp3) is 0.692. The van der Waals surface area contributed by atoms with E-state index in [2.05, 4.69) is 10.4 Å². The van der Waals surface area contributed by atoms with E-state index in [1.54, 1.807) is 6.07 Å². The number of rotatable bonds is 2. The predicted molar refractivity (Wildman–Crippen MR) is 71.9 cm³/mol. The molecule has 1 aromatic heterocycles. The largest absolute Gasteiger partial charge is 0.391 e. The molecule has 2 aliphatic rings. The van der Waals surface area contributed by atoms with Crippen LogP contribution in [0.2, 0.25) is 0 Å². The van der Waals surface area contributed by atoms with Gasteiger partial charge < -0.3 is 15.0 Å². The van der Waals surface area contributed by atoms with Crippen molar-refractivity contribution in [3.63, 3.8) is 0 Å². The van der Waals surface area contributed by atoms with Crippen LogP contribution in [0.5, 0.6) is 0 Å². The van der Waals surface area contributed by atoms with Crippen LogP contribution in [-0.2, 0) is 4.74 Å². The van der Waals surface area contributed by atoms with Crippen LogP contribution >= 0.6 is 0 Å². The Labute approximate surface area is 125 Å². The average molecular weight is 318 g/mol. The molecule has 2 atom stereocenters. The summed E-state index contributed by atoms with van der Waals surface area (Å²) in [6.45, 7) is 3.55. The van der Waals surface area contributed by atoms with E-state index in [0.717, 1.165) is 0 Å². The van der Waals surface area contributed by atoms with Gasteiger partial charge in [0, 0.05) is 19.2 Å². The van der Waals surface area contributed by atoms with Gasteiger partial charge in [-0.1, -0.05) is 0 Å². The molecule has 2 aliphatic heterocycles. The third-order valence-electron chi connectivity index (χ3n) is 3.93. The fourth-order valence-electron chi connectivity index (χ4n) is 2.85. The number of alkyl halides is 3. The van der Waals surface area contributed by atoms with Crippen LogP contribution in [0, 0.1) is 0 Å². The molecule has 3 heterocycles. The van der Waals surface area contributed by atoms with E-state index < -0.39 is 24.5 Å². The second-order valence-electron chi connectivity index (χ2n) is 5.63. The highest BCUT2D eigenvalue weighted by atomic mass is 19.4. The topological polar surface area (TPSA) is 59.4 Å². The van der Waals surface area contributed by atoms with E-state index in [-0.39, 0.29) is 18.3 Å². The summed E-state index contributed by atoms with van der Waals surface area (Å²) < 4.78 is 44.6. The number of amides is 1. The number of nitrogens with one attached hydrogen (secondary N) is 1. The van der Waals surface area contributed by atoms with Gasteiger partial charge in [-0.05, 0) is 6.92 Å². The van der Waals surface area contributed by atoms with E-state index in [4.69, 9.17) is 4.74 Å². The van der Waals surface area contributed by atoms with Crippen molar-refractivity contribution in [1.82, 2.24) is 15.1 Å². The van der Waals surface area contributed by atoms with Crippen LogP contribution in [0.1, 0.15) is 29.9 Å². The molecule has 1 aromatic rings. The number of aromatic nitrogens is 2. The van der Waals surface area contributed by atoms with Gasteiger partial charge in [0.25, 0.3) is 5.91 Å². The molecule has 9 heteroatoms. The number of carbonyl (C=O) groups excluding carboxylic acids is 1. The van der Waals surface area contributed by atoms with E-state index in [1.807, 2.05) is 11.8 Å². The second kappa shape index (κ2) is 5.45. The molecule has 0 bridgehead atoms. The van der Waals surface area contributed by atoms with Crippen LogP contribution in [-0.4, -0.2) is 54.2 Å². The number of carbonyl (C=O) groups is 1. The summed E-state index contributed by atoms with van der Waals surface area (Å²) in [5.41, 5.74) is 0.175. The minimum atomic E-state index is -4.30. The molecule has 0 aliphatic carbocycles. The number of hydrogen-bond donors (Lipinski definition) is 1. The van der Waals surface area contributed by atoms with Gasteiger partial charge >= 0.3 is 6.18 Å². The Hall–Kier alpha value is -1.77. The van der Waals surface area contributed by atoms with Crippen molar-refractivity contribution in [3.05, 3.63) is 11.8 Å². The Morgan fingerprint density at radius 2 is 2.27 bits per heavy atom. The summed E-state index contributed by atoms with van der Waals surface area (Å²) in [5, 5.41) is 6.76. The molecular weight excluding hydrogens is 301 g/mol. The molecule has 0 radical (unpaired) electrons. The highest BCUT2D eigenvalue weighted by molar-refractivity contribution is 5.94. The number of ether oxygens (including phenoxy) is 1. The lowest BCUT2D eigenvalue weighted by Gasteiger charge is -2.33. The summed E-state index contributed by atoms with van der Waals surface area (Å²) in [7, 11) is 0. The molecule has 0 spiro atoms. The number of hydrogen-bond acceptors (Lipinski definition) is 4. The fourth-order valence-corrected chi connectivity index (χ4v) is 2.85. The highest BCUT2D eigenvalue weighted by Crippen LogP contribution is 2.31. The number of anilines is 1. The maximum atomic E-state index is 12.7. The van der Waals surface area contributed by atoms with Gasteiger partial charge in [-0.2, -0.15) is 18.3 Å². The third kappa shape index (κ3) is 2.90. The van der Waals surface area contributed by atoms with E-state index >= 15 is 0 Å². The molecule has 22 heavy (non-hydrogen) atoms. The quantitative estimate of drug-likeness (QED) is 0.894. The van der Waals surface area contributed by atoms with Gasteiger partial charge in [-0.15, -0.1) is 0 Å². The highest BCUT2D eigenvalue weighted by Gasteiger charge is 2.38. The number of fused-ring (bicyclic) bond motifs is 1. The molecule has 0 saturated carbocycles. The van der Waals surface area contributed by atoms with Gasteiger partial charge in [0.05, 0.1) is 31.7 Å². The Bertz CT molecular complexity index is 572. The maximum Gasteiger partial charge on any atom is 0.391 e. The van der Waals surface area contributed by atoms with Crippen molar-refractivity contribution in [2.24, 2.45) is 0 Å². The minimum absolute atomic E-state index is 0.0644. The van der Waals surface area contributed by atoms with Crippen LogP contribution in [0.15, 0.2) is 6.07 Å². The van der Waals surface area contributed by atoms with Crippen LogP contribution in [0.25, 0.3) is 0 Å². The average Bonchev–Trinajstić information content (AvgIpc) is 2.87. The zero-order valence-electron chi connectivity index (χ0n) is 12.1. The Kier molecular flexibility index (Phi) is 3.75. The van der Waals surface area contributed by atoms with Crippen molar-refractivity contribution in [2.75, 3.05) is 31.2 Å². The first-order valence-corrected chi connectivity index (χ1v) is 7.14. The first kappa shape index (κ1) is 15.1. The predicted octanol–water partition coefficient (Wildman–Crippen LogP) is 1.35. The van der Waals surface area contributed by atoms with Crippen LogP contribution < -0.4 is 10.2 Å². The Balaban J connectivity index is 1.90. The van der Waals surface area contributed by atoms with Crippen molar-refractivity contribution >= 4 is 11.7 Å². The Morgan fingerprint density at radius 1 is 1.50 bits per heavy atom. The summed E-state index contributed by atoms with van der Waals surface area (Å²) in [4.78, 5) is 13.8. The van der Waals surface area contributed by atoms with Gasteiger partial charge in [-0.3, -0.25) is 9.48 Å². The summed E-state index contributed by atoms with van der Waals surface area (Å²) >= 11 is 0. The number of nitrogens with zero attached hydrogens (tertiary/aromatic N) is 3. The van der Waals surface area contributed by atoms with Gasteiger partial charge in [0.1, 0.15) is 5.69 Å². The smallest absolute Gasteiger partial charge is 0.377 e. The third-order valence-corrected chi connectivity index (χ3v) is 3.93. The summed E-state index contributed by atoms with van der Waals surface area (Å²) in [5.74, 6) is 0.133. The first-order chi connectivity index (χ1) is 10.3. The molecule has 0 aromatic carbocycles. The van der Waals surface area contributed by atoms with Crippen LogP contribution in [0.3, 0.4) is 0 Å². The van der Waals surface area contributed by atoms with Crippen molar-refractivity contribution in [1.29, 1.82) is 0 Å². The lowest BCUT2D eigenvalue weighted by atomic mass is 10.1. The van der Waals surface area contributed by atoms with Crippen molar-refractivity contribution in [3.8, 4) is 0 Å². The molecule has 1 fully saturated rings. The summed E-state index contributed by atoms with van der Waals surface area (Å²) in [6, 6.07) is 0.715. The zero-order chi connectivity index (χ0) is 15.9. The van der Waals surface area contributed by atoms with E-state index in [9.17, 15) is 18.0 Å². The second-order valence-corrected chi connectivity index (χ2v) is 5.63. The SMILES string of the molecule is C[C@@H]1COCCN1c1cc2n(n1)[C@@H](CC(F)(F)F)CNC2=O. The standard InChI is InChI=1S/C13H17F3N4O2/c1-8-7-22-3-2-19(8)11-4-10-12(21)17-6-9(20(10)18-11)5-13(14,15)16/h4,8-9H,2-3,5-7H2,1H3,(H,17,21)/t8-,9+/m1/s1. The van der Waals surface area contributed by atoms with E-state index in [1.165, 1.54) is 4.68 Å². The lowest BCUT2D eigenvalue weighted by Crippen LogP contribution is -2.44. The maximum absolute atomic E-state index is 12.7. The molecule has 0 unspecified atom stereocenters. The molecule has 3 rings (SSSR count). The van der Waals surface area contributed by atoms with E-state index in [0.29, 0.717) is 25.6 Å². The summed E-state index contributed by atoms with van der Waals surface area (Å²) in [6.07, 6.45) is -5.32. The molecule has 1 amide bonds. The first-order valence-electron chi connectivity index (χ1n) is 7.14. The molecule has 122 valence electrons. The minimum Gasteiger partial charge on any atom is -0.377 e. The van der Waals surface area contributed by atoms with Crippen molar-refractivity contribution < 1.29 is 22.7 Å². The molecule has 1 N–H and O–H groups in total. The number of halogens is 3. The molecule has 6 nitrogen and oxygen atoms in total. The zero-order valence-corrected chi connectivity index (χ0v) is 12.1. The Morgan fingerprint density at radius 3 is 2.95 bits per heavy atom. The molecule has 1 saturated heterocycles. The van der Waals surface area contributed by atoms with Crippen molar-refractivity contribution in [2.45, 2.75) is 31.6 Å². The monoisotopic (exact) mass is 318 g/mol.